The molecule has 0 heterocycles. The minimum absolute atomic E-state index is 0.420. The SMILES string of the molecule is CCN(CC)OP(=O)([O-])O. The van der Waals surface area contributed by atoms with Gasteiger partial charge in [-0.1, -0.05) is 13.8 Å². The van der Waals surface area contributed by atoms with Crippen molar-refractivity contribution in [2.75, 3.05) is 13.1 Å². The van der Waals surface area contributed by atoms with Crippen LogP contribution in [-0.4, -0.2) is 23.0 Å². The summed E-state index contributed by atoms with van der Waals surface area (Å²) in [4.78, 5) is 18.3. The van der Waals surface area contributed by atoms with Gasteiger partial charge in [-0.2, -0.15) is 5.06 Å². The summed E-state index contributed by atoms with van der Waals surface area (Å²) < 4.78 is 14.2. The van der Waals surface area contributed by atoms with E-state index in [1.165, 1.54) is 0 Å². The highest BCUT2D eigenvalue weighted by Crippen LogP contribution is 2.31. The maximum atomic E-state index is 10.1. The summed E-state index contributed by atoms with van der Waals surface area (Å²) in [6, 6.07) is 0. The Morgan fingerprint density at radius 2 is 2.00 bits per heavy atom. The molecular formula is C4H11NO4P-. The number of hydrogen-bond acceptors (Lipinski definition) is 4. The summed E-state index contributed by atoms with van der Waals surface area (Å²) in [6.45, 7) is 4.28. The van der Waals surface area contributed by atoms with Crippen molar-refractivity contribution in [1.29, 1.82) is 0 Å². The van der Waals surface area contributed by atoms with Gasteiger partial charge in [0.1, 0.15) is 0 Å². The lowest BCUT2D eigenvalue weighted by Crippen LogP contribution is -2.24. The first kappa shape index (κ1) is 10.1. The molecule has 10 heavy (non-hydrogen) atoms. The molecule has 0 aromatic rings. The van der Waals surface area contributed by atoms with Crippen LogP contribution < -0.4 is 4.89 Å². The topological polar surface area (TPSA) is 72.8 Å². The Hall–Kier alpha value is 0.0700. The molecule has 0 saturated carbocycles. The van der Waals surface area contributed by atoms with E-state index >= 15 is 0 Å². The largest absolute Gasteiger partial charge is 0.755 e. The number of hydrogen-bond donors (Lipinski definition) is 1. The predicted octanol–water partition coefficient (Wildman–Crippen LogP) is -0.280. The Labute approximate surface area is 59.8 Å². The molecule has 1 atom stereocenters. The number of rotatable bonds is 4. The highest BCUT2D eigenvalue weighted by atomic mass is 31.2. The maximum absolute atomic E-state index is 10.1. The van der Waals surface area contributed by atoms with Crippen molar-refractivity contribution in [3.05, 3.63) is 0 Å². The zero-order valence-electron chi connectivity index (χ0n) is 5.98. The van der Waals surface area contributed by atoms with Crippen LogP contribution in [0.3, 0.4) is 0 Å². The molecule has 0 aliphatic heterocycles. The van der Waals surface area contributed by atoms with E-state index in [4.69, 9.17) is 4.89 Å². The molecule has 0 fully saturated rings. The molecule has 62 valence electrons. The van der Waals surface area contributed by atoms with Crippen LogP contribution in [0.15, 0.2) is 0 Å². The van der Waals surface area contributed by atoms with Gasteiger partial charge >= 0.3 is 0 Å². The number of hydroxylamine groups is 2. The highest BCUT2D eigenvalue weighted by Gasteiger charge is 2.07. The second kappa shape index (κ2) is 4.05. The van der Waals surface area contributed by atoms with Gasteiger partial charge in [0.05, 0.1) is 0 Å². The molecule has 0 aromatic heterocycles. The second-order valence-electron chi connectivity index (χ2n) is 1.66. The van der Waals surface area contributed by atoms with Crippen LogP contribution in [0.2, 0.25) is 0 Å². The quantitative estimate of drug-likeness (QED) is 0.461. The van der Waals surface area contributed by atoms with Crippen molar-refractivity contribution < 1.29 is 19.0 Å². The molecule has 1 N–H and O–H groups in total. The fourth-order valence-electron chi connectivity index (χ4n) is 0.485. The minimum Gasteiger partial charge on any atom is -0.755 e. The number of phosphoric acid groups is 1. The Bertz CT molecular complexity index is 129. The summed E-state index contributed by atoms with van der Waals surface area (Å²) >= 11 is 0. The fraction of sp³-hybridized carbons (Fsp3) is 1.00. The van der Waals surface area contributed by atoms with Gasteiger partial charge in [-0.3, -0.25) is 4.57 Å². The van der Waals surface area contributed by atoms with Crippen molar-refractivity contribution in [3.8, 4) is 0 Å². The maximum Gasteiger partial charge on any atom is 0.282 e. The van der Waals surface area contributed by atoms with Gasteiger partial charge in [0.25, 0.3) is 7.82 Å². The highest BCUT2D eigenvalue weighted by molar-refractivity contribution is 7.44. The Kier molecular flexibility index (Phi) is 4.08. The van der Waals surface area contributed by atoms with E-state index in [2.05, 4.69) is 4.62 Å². The predicted molar refractivity (Wildman–Crippen MR) is 33.8 cm³/mol. The molecule has 0 bridgehead atoms. The average Bonchev–Trinajstić information content (AvgIpc) is 1.81. The molecule has 0 radical (unpaired) electrons. The molecular weight excluding hydrogens is 157 g/mol. The molecule has 6 heteroatoms. The molecule has 0 rings (SSSR count). The van der Waals surface area contributed by atoms with Crippen LogP contribution in [-0.2, 0) is 9.19 Å². The third kappa shape index (κ3) is 4.90. The summed E-state index contributed by atoms with van der Waals surface area (Å²) in [5, 5.41) is 1.13. The molecule has 0 saturated heterocycles. The van der Waals surface area contributed by atoms with E-state index in [1.54, 1.807) is 13.8 Å². The third-order valence-corrected chi connectivity index (χ3v) is 1.36. The lowest BCUT2D eigenvalue weighted by molar-refractivity contribution is -0.249. The fourth-order valence-corrected chi connectivity index (χ4v) is 1.01. The van der Waals surface area contributed by atoms with Crippen LogP contribution in [0.5, 0.6) is 0 Å². The molecule has 1 unspecified atom stereocenters. The summed E-state index contributed by atoms with van der Waals surface area (Å²) in [5.41, 5.74) is 0. The first-order valence-electron chi connectivity index (χ1n) is 2.98. The Morgan fingerprint density at radius 3 is 2.10 bits per heavy atom. The Morgan fingerprint density at radius 1 is 1.60 bits per heavy atom. The van der Waals surface area contributed by atoms with Gasteiger partial charge < -0.3 is 9.79 Å². The summed E-state index contributed by atoms with van der Waals surface area (Å²) in [5.74, 6) is 0. The first-order valence-corrected chi connectivity index (χ1v) is 4.47. The van der Waals surface area contributed by atoms with Gasteiger partial charge in [0.15, 0.2) is 0 Å². The minimum atomic E-state index is -4.58. The van der Waals surface area contributed by atoms with E-state index in [9.17, 15) is 9.46 Å². The van der Waals surface area contributed by atoms with Gasteiger partial charge in [-0.25, -0.2) is 4.62 Å². The Balaban J connectivity index is 3.75. The van der Waals surface area contributed by atoms with E-state index in [0.717, 1.165) is 5.06 Å². The van der Waals surface area contributed by atoms with Crippen LogP contribution in [0.25, 0.3) is 0 Å². The van der Waals surface area contributed by atoms with Gasteiger partial charge in [0, 0.05) is 13.1 Å². The molecule has 0 aliphatic rings. The standard InChI is InChI=1S/C4H12NO4P/c1-3-5(4-2)9-10(6,7)8/h3-4H2,1-2H3,(H2,6,7,8)/p-1. The third-order valence-electron chi connectivity index (χ3n) is 0.924. The van der Waals surface area contributed by atoms with Crippen LogP contribution >= 0.6 is 7.82 Å². The van der Waals surface area contributed by atoms with E-state index in [1.807, 2.05) is 0 Å². The van der Waals surface area contributed by atoms with Crippen molar-refractivity contribution in [2.24, 2.45) is 0 Å². The van der Waals surface area contributed by atoms with E-state index in [0.29, 0.717) is 13.1 Å². The molecule has 0 amide bonds. The monoisotopic (exact) mass is 168 g/mol. The van der Waals surface area contributed by atoms with Crippen LogP contribution in [0.4, 0.5) is 0 Å². The lowest BCUT2D eigenvalue weighted by Gasteiger charge is -2.23. The van der Waals surface area contributed by atoms with Gasteiger partial charge in [-0.05, 0) is 0 Å². The zero-order valence-corrected chi connectivity index (χ0v) is 6.88. The molecule has 0 spiro atoms. The second-order valence-corrected chi connectivity index (χ2v) is 2.76. The van der Waals surface area contributed by atoms with Crippen LogP contribution in [0.1, 0.15) is 13.8 Å². The van der Waals surface area contributed by atoms with Crippen LogP contribution in [0, 0.1) is 0 Å². The van der Waals surface area contributed by atoms with Crippen molar-refractivity contribution in [1.82, 2.24) is 5.06 Å². The van der Waals surface area contributed by atoms with Crippen molar-refractivity contribution >= 4 is 7.82 Å². The zero-order chi connectivity index (χ0) is 8.20. The van der Waals surface area contributed by atoms with Crippen molar-refractivity contribution in [3.63, 3.8) is 0 Å². The van der Waals surface area contributed by atoms with E-state index < -0.39 is 7.82 Å². The average molecular weight is 168 g/mol. The first-order chi connectivity index (χ1) is 4.49. The number of nitrogens with zero attached hydrogens (tertiary/aromatic N) is 1. The molecule has 0 aromatic carbocycles. The van der Waals surface area contributed by atoms with Crippen molar-refractivity contribution in [2.45, 2.75) is 13.8 Å². The smallest absolute Gasteiger partial charge is 0.282 e. The van der Waals surface area contributed by atoms with E-state index in [-0.39, 0.29) is 0 Å². The summed E-state index contributed by atoms with van der Waals surface area (Å²) in [6.07, 6.45) is 0. The normalized spacial score (nSPS) is 17.3. The molecule has 0 aliphatic carbocycles. The molecule has 5 nitrogen and oxygen atoms in total. The van der Waals surface area contributed by atoms with Gasteiger partial charge in [0.2, 0.25) is 0 Å². The van der Waals surface area contributed by atoms with Gasteiger partial charge in [-0.15, -0.1) is 0 Å². The summed E-state index contributed by atoms with van der Waals surface area (Å²) in [7, 11) is -4.58. The lowest BCUT2D eigenvalue weighted by atomic mass is 10.6.